The minimum Gasteiger partial charge on any atom is -0.326 e. The predicted molar refractivity (Wildman–Crippen MR) is 47.7 cm³/mol. The molecule has 0 saturated heterocycles. The average molecular weight is 200 g/mol. The molecule has 0 saturated carbocycles. The van der Waals surface area contributed by atoms with Gasteiger partial charge >= 0.3 is 0 Å². The monoisotopic (exact) mass is 200 g/mol. The number of rotatable bonds is 2. The molecule has 0 atom stereocenters. The first-order valence-corrected chi connectivity index (χ1v) is 5.08. The van der Waals surface area contributed by atoms with Gasteiger partial charge in [-0.3, -0.25) is 4.55 Å². The smallest absolute Gasteiger partial charge is 0.295 e. The Morgan fingerprint density at radius 1 is 1.54 bits per heavy atom. The number of nitrogens with two attached hydrogens (primary N) is 1. The van der Waals surface area contributed by atoms with Gasteiger partial charge in [-0.25, -0.2) is 0 Å². The highest BCUT2D eigenvalue weighted by molar-refractivity contribution is 7.85. The summed E-state index contributed by atoms with van der Waals surface area (Å²) in [4.78, 5) is -0.229. The molecule has 0 unspecified atom stereocenters. The van der Waals surface area contributed by atoms with Crippen LogP contribution in [0.1, 0.15) is 11.1 Å². The normalized spacial score (nSPS) is 11.6. The molecule has 4 nitrogen and oxygen atoms in total. The van der Waals surface area contributed by atoms with Crippen LogP contribution in [0.2, 0.25) is 0 Å². The molecule has 71 valence electrons. The van der Waals surface area contributed by atoms with Gasteiger partial charge in [-0.15, -0.1) is 0 Å². The Morgan fingerprint density at radius 2 is 2.15 bits per heavy atom. The fourth-order valence-corrected chi connectivity index (χ4v) is 1.60. The van der Waals surface area contributed by atoms with E-state index in [1.54, 1.807) is 13.0 Å². The van der Waals surface area contributed by atoms with Gasteiger partial charge in [0, 0.05) is 12.6 Å². The summed E-state index contributed by atoms with van der Waals surface area (Å²) in [5.74, 6) is 0. The highest BCUT2D eigenvalue weighted by Crippen LogP contribution is 2.13. The molecule has 0 aliphatic carbocycles. The second-order valence-corrected chi connectivity index (χ2v) is 4.12. The van der Waals surface area contributed by atoms with Gasteiger partial charge in [-0.2, -0.15) is 8.42 Å². The van der Waals surface area contributed by atoms with Crippen molar-refractivity contribution in [1.82, 2.24) is 0 Å². The minimum atomic E-state index is -4.17. The van der Waals surface area contributed by atoms with E-state index < -0.39 is 10.1 Å². The van der Waals surface area contributed by atoms with Crippen LogP contribution in [0.3, 0.4) is 0 Å². The van der Waals surface area contributed by atoms with Gasteiger partial charge in [0.25, 0.3) is 10.1 Å². The molecule has 0 bridgehead atoms. The Balaban J connectivity index is 3.33. The van der Waals surface area contributed by atoms with E-state index in [1.807, 2.05) is 0 Å². The molecule has 5 heteroatoms. The van der Waals surface area contributed by atoms with Crippen LogP contribution in [0.15, 0.2) is 17.0 Å². The number of benzene rings is 1. The fraction of sp³-hybridized carbons (Fsp3) is 0.250. The van der Waals surface area contributed by atoms with Crippen LogP contribution in [0.25, 0.3) is 0 Å². The van der Waals surface area contributed by atoms with Crippen LogP contribution in [0, 0.1) is 13.0 Å². The number of aryl methyl sites for hydroxylation is 1. The van der Waals surface area contributed by atoms with E-state index in [4.69, 9.17) is 10.3 Å². The lowest BCUT2D eigenvalue weighted by Crippen LogP contribution is -2.03. The molecule has 0 aliphatic rings. The maximum atomic E-state index is 10.7. The van der Waals surface area contributed by atoms with E-state index in [9.17, 15) is 8.42 Å². The van der Waals surface area contributed by atoms with E-state index in [0.717, 1.165) is 5.56 Å². The second kappa shape index (κ2) is 3.45. The highest BCUT2D eigenvalue weighted by atomic mass is 32.2. The van der Waals surface area contributed by atoms with E-state index in [2.05, 4.69) is 6.07 Å². The van der Waals surface area contributed by atoms with Gasteiger partial charge in [0.1, 0.15) is 4.90 Å². The summed E-state index contributed by atoms with van der Waals surface area (Å²) in [5.41, 5.74) is 6.61. The number of hydrogen-bond donors (Lipinski definition) is 2. The third-order valence-electron chi connectivity index (χ3n) is 1.54. The molecule has 0 heterocycles. The third kappa shape index (κ3) is 2.51. The highest BCUT2D eigenvalue weighted by Gasteiger charge is 2.10. The zero-order valence-electron chi connectivity index (χ0n) is 7.11. The van der Waals surface area contributed by atoms with Crippen LogP contribution < -0.4 is 5.73 Å². The average Bonchev–Trinajstić information content (AvgIpc) is 2.01. The first kappa shape index (κ1) is 10.2. The summed E-state index contributed by atoms with van der Waals surface area (Å²) >= 11 is 0. The van der Waals surface area contributed by atoms with Crippen molar-refractivity contribution < 1.29 is 13.0 Å². The zero-order chi connectivity index (χ0) is 10.1. The summed E-state index contributed by atoms with van der Waals surface area (Å²) in [5, 5.41) is 0. The maximum Gasteiger partial charge on any atom is 0.295 e. The predicted octanol–water partition coefficient (Wildman–Crippen LogP) is 0.501. The van der Waals surface area contributed by atoms with Crippen molar-refractivity contribution in [3.63, 3.8) is 0 Å². The fourth-order valence-electron chi connectivity index (χ4n) is 1.00. The van der Waals surface area contributed by atoms with Crippen molar-refractivity contribution in [1.29, 1.82) is 0 Å². The first-order chi connectivity index (χ1) is 5.93. The van der Waals surface area contributed by atoms with Gasteiger partial charge < -0.3 is 5.73 Å². The van der Waals surface area contributed by atoms with E-state index in [-0.39, 0.29) is 11.4 Å². The minimum absolute atomic E-state index is 0.199. The van der Waals surface area contributed by atoms with E-state index in [0.29, 0.717) is 5.56 Å². The van der Waals surface area contributed by atoms with Crippen LogP contribution in [-0.2, 0) is 16.7 Å². The van der Waals surface area contributed by atoms with E-state index in [1.165, 1.54) is 6.07 Å². The van der Waals surface area contributed by atoms with Gasteiger partial charge in [0.05, 0.1) is 0 Å². The SMILES string of the molecule is Cc1cc(CN)[c]c(S(=O)(=O)O)c1. The molecule has 0 aliphatic heterocycles. The molecule has 1 aromatic carbocycles. The largest absolute Gasteiger partial charge is 0.326 e. The van der Waals surface area contributed by atoms with Crippen molar-refractivity contribution in [2.45, 2.75) is 18.4 Å². The Hall–Kier alpha value is -0.910. The van der Waals surface area contributed by atoms with Crippen molar-refractivity contribution in [3.05, 3.63) is 29.3 Å². The Morgan fingerprint density at radius 3 is 2.62 bits per heavy atom. The lowest BCUT2D eigenvalue weighted by atomic mass is 10.1. The van der Waals surface area contributed by atoms with Crippen LogP contribution in [0.4, 0.5) is 0 Å². The second-order valence-electron chi connectivity index (χ2n) is 2.73. The molecule has 1 aromatic rings. The topological polar surface area (TPSA) is 80.4 Å². The summed E-state index contributed by atoms with van der Waals surface area (Å²) < 4.78 is 30.2. The summed E-state index contributed by atoms with van der Waals surface area (Å²) in [6.07, 6.45) is 0. The van der Waals surface area contributed by atoms with Gasteiger partial charge in [-0.05, 0) is 24.1 Å². The first-order valence-electron chi connectivity index (χ1n) is 3.64. The van der Waals surface area contributed by atoms with Crippen LogP contribution in [-0.4, -0.2) is 13.0 Å². The molecular weight excluding hydrogens is 190 g/mol. The van der Waals surface area contributed by atoms with Crippen molar-refractivity contribution >= 4 is 10.1 Å². The van der Waals surface area contributed by atoms with Crippen molar-refractivity contribution in [2.24, 2.45) is 5.73 Å². The van der Waals surface area contributed by atoms with E-state index >= 15 is 0 Å². The molecule has 13 heavy (non-hydrogen) atoms. The molecule has 0 amide bonds. The van der Waals surface area contributed by atoms with Gasteiger partial charge in [0.2, 0.25) is 0 Å². The molecule has 0 aromatic heterocycles. The molecule has 0 spiro atoms. The van der Waals surface area contributed by atoms with Crippen molar-refractivity contribution in [3.8, 4) is 0 Å². The molecule has 1 radical (unpaired) electrons. The van der Waals surface area contributed by atoms with Gasteiger partial charge in [-0.1, -0.05) is 6.07 Å². The summed E-state index contributed by atoms with van der Waals surface area (Å²) in [6.45, 7) is 1.92. The maximum absolute atomic E-state index is 10.7. The Labute approximate surface area is 77.1 Å². The van der Waals surface area contributed by atoms with Crippen molar-refractivity contribution in [2.75, 3.05) is 0 Å². The lowest BCUT2D eigenvalue weighted by Gasteiger charge is -2.02. The molecule has 1 rings (SSSR count). The summed E-state index contributed by atoms with van der Waals surface area (Å²) in [7, 11) is -4.17. The Bertz CT molecular complexity index is 411. The number of hydrogen-bond acceptors (Lipinski definition) is 3. The zero-order valence-corrected chi connectivity index (χ0v) is 7.93. The Kier molecular flexibility index (Phi) is 2.70. The van der Waals surface area contributed by atoms with Gasteiger partial charge in [0.15, 0.2) is 0 Å². The standard InChI is InChI=1S/C8H10NO3S/c1-6-2-7(5-9)4-8(3-6)13(10,11)12/h2-3H,5,9H2,1H3,(H,10,11,12). The lowest BCUT2D eigenvalue weighted by molar-refractivity contribution is 0.482. The molecule has 3 N–H and O–H groups in total. The quantitative estimate of drug-likeness (QED) is 0.681. The molecular formula is C8H10NO3S. The summed E-state index contributed by atoms with van der Waals surface area (Å²) in [6, 6.07) is 5.57. The molecule has 0 fully saturated rings. The van der Waals surface area contributed by atoms with Crippen LogP contribution >= 0.6 is 0 Å². The van der Waals surface area contributed by atoms with Crippen LogP contribution in [0.5, 0.6) is 0 Å². The third-order valence-corrected chi connectivity index (χ3v) is 2.32.